The lowest BCUT2D eigenvalue weighted by Crippen LogP contribution is -2.19. The zero-order valence-corrected chi connectivity index (χ0v) is 8.17. The van der Waals surface area contributed by atoms with Gasteiger partial charge in [0.05, 0.1) is 11.4 Å². The first-order valence-corrected chi connectivity index (χ1v) is 5.15. The van der Waals surface area contributed by atoms with Gasteiger partial charge in [0.25, 0.3) is 0 Å². The van der Waals surface area contributed by atoms with E-state index in [-0.39, 0.29) is 5.91 Å². The van der Waals surface area contributed by atoms with E-state index in [0.717, 1.165) is 10.6 Å². The van der Waals surface area contributed by atoms with Crippen LogP contribution in [0.1, 0.15) is 11.8 Å². The molecule has 0 saturated carbocycles. The number of nitrogens with two attached hydrogens (primary N) is 1. The van der Waals surface area contributed by atoms with Crippen LogP contribution in [0.5, 0.6) is 0 Å². The standard InChI is InChI=1S/C9H10N2O2S/c10-9(13)5-1-2-7-6(3-5)11-8(12)4-14-7/h1-3,9,13H,4,10H2,(H,11,12). The van der Waals surface area contributed by atoms with E-state index in [9.17, 15) is 4.79 Å². The summed E-state index contributed by atoms with van der Waals surface area (Å²) in [5.74, 6) is 0.420. The van der Waals surface area contributed by atoms with Gasteiger partial charge in [0.15, 0.2) is 0 Å². The van der Waals surface area contributed by atoms with Gasteiger partial charge in [0.1, 0.15) is 6.23 Å². The summed E-state index contributed by atoms with van der Waals surface area (Å²) in [6.07, 6.45) is -0.996. The lowest BCUT2D eigenvalue weighted by molar-refractivity contribution is -0.113. The van der Waals surface area contributed by atoms with E-state index in [1.54, 1.807) is 12.1 Å². The van der Waals surface area contributed by atoms with Crippen molar-refractivity contribution < 1.29 is 9.90 Å². The molecular formula is C9H10N2O2S. The summed E-state index contributed by atoms with van der Waals surface area (Å²) >= 11 is 1.48. The Morgan fingerprint density at radius 3 is 3.07 bits per heavy atom. The van der Waals surface area contributed by atoms with Crippen molar-refractivity contribution in [2.75, 3.05) is 11.1 Å². The number of benzene rings is 1. The zero-order valence-electron chi connectivity index (χ0n) is 7.36. The molecule has 0 spiro atoms. The van der Waals surface area contributed by atoms with Crippen LogP contribution in [-0.4, -0.2) is 16.8 Å². The third-order valence-electron chi connectivity index (χ3n) is 1.98. The van der Waals surface area contributed by atoms with Gasteiger partial charge in [-0.3, -0.25) is 4.79 Å². The maximum absolute atomic E-state index is 11.1. The van der Waals surface area contributed by atoms with Gasteiger partial charge in [0, 0.05) is 4.90 Å². The highest BCUT2D eigenvalue weighted by Crippen LogP contribution is 2.32. The largest absolute Gasteiger partial charge is 0.375 e. The number of hydrogen-bond donors (Lipinski definition) is 3. The molecule has 4 nitrogen and oxygen atoms in total. The molecule has 0 aromatic heterocycles. The minimum atomic E-state index is -0.996. The molecule has 0 fully saturated rings. The van der Waals surface area contributed by atoms with Crippen LogP contribution in [-0.2, 0) is 4.79 Å². The highest BCUT2D eigenvalue weighted by molar-refractivity contribution is 8.00. The fourth-order valence-electron chi connectivity index (χ4n) is 1.28. The minimum absolute atomic E-state index is 0.0221. The number of carbonyl (C=O) groups is 1. The molecule has 1 atom stereocenters. The van der Waals surface area contributed by atoms with Crippen LogP contribution in [0.4, 0.5) is 5.69 Å². The number of thioether (sulfide) groups is 1. The predicted octanol–water partition coefficient (Wildman–Crippen LogP) is 0.680. The number of hydrogen-bond acceptors (Lipinski definition) is 4. The van der Waals surface area contributed by atoms with Gasteiger partial charge in [0.2, 0.25) is 5.91 Å². The van der Waals surface area contributed by atoms with E-state index < -0.39 is 6.23 Å². The van der Waals surface area contributed by atoms with Crippen molar-refractivity contribution in [2.24, 2.45) is 5.73 Å². The molecule has 1 aromatic rings. The van der Waals surface area contributed by atoms with Gasteiger partial charge in [-0.15, -0.1) is 11.8 Å². The highest BCUT2D eigenvalue weighted by atomic mass is 32.2. The number of amides is 1. The molecular weight excluding hydrogens is 200 g/mol. The van der Waals surface area contributed by atoms with Crippen LogP contribution in [0.15, 0.2) is 23.1 Å². The Morgan fingerprint density at radius 2 is 2.36 bits per heavy atom. The quantitative estimate of drug-likeness (QED) is 0.596. The Hall–Kier alpha value is -1.04. The lowest BCUT2D eigenvalue weighted by atomic mass is 10.2. The number of anilines is 1. The van der Waals surface area contributed by atoms with Crippen LogP contribution in [0.2, 0.25) is 0 Å². The number of aliphatic hydroxyl groups excluding tert-OH is 1. The number of fused-ring (bicyclic) bond motifs is 1. The average Bonchev–Trinajstić information content (AvgIpc) is 2.16. The number of carbonyl (C=O) groups excluding carboxylic acids is 1. The zero-order chi connectivity index (χ0) is 10.1. The minimum Gasteiger partial charge on any atom is -0.375 e. The molecule has 0 saturated heterocycles. The summed E-state index contributed by atoms with van der Waals surface area (Å²) in [7, 11) is 0. The van der Waals surface area contributed by atoms with Crippen molar-refractivity contribution >= 4 is 23.4 Å². The van der Waals surface area contributed by atoms with Crippen LogP contribution in [0.3, 0.4) is 0 Å². The fraction of sp³-hybridized carbons (Fsp3) is 0.222. The Kier molecular flexibility index (Phi) is 2.45. The van der Waals surface area contributed by atoms with Gasteiger partial charge in [-0.25, -0.2) is 0 Å². The molecule has 1 heterocycles. The summed E-state index contributed by atoms with van der Waals surface area (Å²) in [5, 5.41) is 11.9. The topological polar surface area (TPSA) is 75.3 Å². The van der Waals surface area contributed by atoms with E-state index in [1.807, 2.05) is 6.07 Å². The Bertz CT molecular complexity index is 379. The van der Waals surface area contributed by atoms with E-state index in [0.29, 0.717) is 11.3 Å². The van der Waals surface area contributed by atoms with Crippen LogP contribution in [0.25, 0.3) is 0 Å². The average molecular weight is 210 g/mol. The van der Waals surface area contributed by atoms with Crippen molar-refractivity contribution in [3.05, 3.63) is 23.8 Å². The number of aliphatic hydroxyl groups is 1. The maximum atomic E-state index is 11.1. The Balaban J connectivity index is 2.37. The molecule has 4 N–H and O–H groups in total. The van der Waals surface area contributed by atoms with Gasteiger partial charge < -0.3 is 16.2 Å². The van der Waals surface area contributed by atoms with Gasteiger partial charge >= 0.3 is 0 Å². The van der Waals surface area contributed by atoms with Crippen molar-refractivity contribution in [2.45, 2.75) is 11.1 Å². The molecule has 1 unspecified atom stereocenters. The van der Waals surface area contributed by atoms with Crippen molar-refractivity contribution in [1.82, 2.24) is 0 Å². The summed E-state index contributed by atoms with van der Waals surface area (Å²) < 4.78 is 0. The molecule has 0 aliphatic carbocycles. The molecule has 0 radical (unpaired) electrons. The third-order valence-corrected chi connectivity index (χ3v) is 3.05. The first-order valence-electron chi connectivity index (χ1n) is 4.17. The first kappa shape index (κ1) is 9.51. The molecule has 2 rings (SSSR count). The second-order valence-electron chi connectivity index (χ2n) is 3.04. The summed E-state index contributed by atoms with van der Waals surface area (Å²) in [6, 6.07) is 5.31. The van der Waals surface area contributed by atoms with E-state index in [1.165, 1.54) is 11.8 Å². The van der Waals surface area contributed by atoms with Crippen molar-refractivity contribution in [3.8, 4) is 0 Å². The summed E-state index contributed by atoms with van der Waals surface area (Å²) in [5.41, 5.74) is 6.65. The molecule has 74 valence electrons. The molecule has 1 aliphatic rings. The molecule has 14 heavy (non-hydrogen) atoms. The normalized spacial score (nSPS) is 17.1. The lowest BCUT2D eigenvalue weighted by Gasteiger charge is -2.17. The maximum Gasteiger partial charge on any atom is 0.234 e. The monoisotopic (exact) mass is 210 g/mol. The molecule has 5 heteroatoms. The first-order chi connectivity index (χ1) is 6.66. The summed E-state index contributed by atoms with van der Waals surface area (Å²) in [6.45, 7) is 0. The van der Waals surface area contributed by atoms with E-state index in [4.69, 9.17) is 10.8 Å². The van der Waals surface area contributed by atoms with Crippen molar-refractivity contribution in [1.29, 1.82) is 0 Å². The second kappa shape index (κ2) is 3.61. The van der Waals surface area contributed by atoms with E-state index >= 15 is 0 Å². The highest BCUT2D eigenvalue weighted by Gasteiger charge is 2.16. The number of rotatable bonds is 1. The van der Waals surface area contributed by atoms with Crippen molar-refractivity contribution in [3.63, 3.8) is 0 Å². The van der Waals surface area contributed by atoms with Crippen LogP contribution in [0, 0.1) is 0 Å². The number of nitrogens with one attached hydrogen (secondary N) is 1. The SMILES string of the molecule is NC(O)c1ccc2c(c1)NC(=O)CS2. The smallest absolute Gasteiger partial charge is 0.234 e. The third kappa shape index (κ3) is 1.75. The predicted molar refractivity (Wildman–Crippen MR) is 54.9 cm³/mol. The van der Waals surface area contributed by atoms with E-state index in [2.05, 4.69) is 5.32 Å². The second-order valence-corrected chi connectivity index (χ2v) is 4.05. The Morgan fingerprint density at radius 1 is 1.57 bits per heavy atom. The van der Waals surface area contributed by atoms with Gasteiger partial charge in [-0.2, -0.15) is 0 Å². The van der Waals surface area contributed by atoms with Crippen LogP contribution < -0.4 is 11.1 Å². The fourth-order valence-corrected chi connectivity index (χ4v) is 2.07. The Labute approximate surface area is 85.5 Å². The van der Waals surface area contributed by atoms with Gasteiger partial charge in [-0.05, 0) is 17.7 Å². The van der Waals surface area contributed by atoms with Crippen LogP contribution >= 0.6 is 11.8 Å². The molecule has 1 amide bonds. The molecule has 1 aliphatic heterocycles. The van der Waals surface area contributed by atoms with Gasteiger partial charge in [-0.1, -0.05) is 6.07 Å². The summed E-state index contributed by atoms with van der Waals surface area (Å²) in [4.78, 5) is 12.1. The molecule has 0 bridgehead atoms. The molecule has 1 aromatic carbocycles.